The second kappa shape index (κ2) is 9.01. The Morgan fingerprint density at radius 1 is 1.14 bits per heavy atom. The number of ether oxygens (including phenoxy) is 1. The van der Waals surface area contributed by atoms with Gasteiger partial charge in [0.15, 0.2) is 5.78 Å². The number of nitrogens with zero attached hydrogens (tertiary/aromatic N) is 3. The van der Waals surface area contributed by atoms with Gasteiger partial charge in [-0.1, -0.05) is 12.1 Å². The van der Waals surface area contributed by atoms with Crippen LogP contribution >= 0.6 is 0 Å². The van der Waals surface area contributed by atoms with E-state index in [9.17, 15) is 19.1 Å². The molecule has 2 aromatic carbocycles. The van der Waals surface area contributed by atoms with Gasteiger partial charge in [0, 0.05) is 17.5 Å². The fourth-order valence-electron chi connectivity index (χ4n) is 4.37. The van der Waals surface area contributed by atoms with Gasteiger partial charge in [-0.25, -0.2) is 14.4 Å². The van der Waals surface area contributed by atoms with Gasteiger partial charge in [0.25, 0.3) is 0 Å². The van der Waals surface area contributed by atoms with Gasteiger partial charge in [0.05, 0.1) is 22.9 Å². The maximum absolute atomic E-state index is 13.6. The smallest absolute Gasteiger partial charge is 0.231 e. The van der Waals surface area contributed by atoms with Gasteiger partial charge in [-0.15, -0.1) is 0 Å². The number of halogens is 1. The number of aromatic nitrogens is 3. The molecular weight excluding hydrogens is 475 g/mol. The van der Waals surface area contributed by atoms with Crippen molar-refractivity contribution in [3.8, 4) is 17.0 Å². The summed E-state index contributed by atoms with van der Waals surface area (Å²) in [6.07, 6.45) is 1.44. The van der Waals surface area contributed by atoms with Gasteiger partial charge >= 0.3 is 0 Å². The highest BCUT2D eigenvalue weighted by atomic mass is 19.1. The molecule has 0 saturated carbocycles. The van der Waals surface area contributed by atoms with Crippen molar-refractivity contribution in [3.05, 3.63) is 83.6 Å². The Kier molecular flexibility index (Phi) is 5.95. The predicted molar refractivity (Wildman–Crippen MR) is 134 cm³/mol. The second-order valence-corrected chi connectivity index (χ2v) is 9.67. The lowest BCUT2D eigenvalue weighted by atomic mass is 9.81. The summed E-state index contributed by atoms with van der Waals surface area (Å²) in [5.74, 6) is -0.918. The zero-order chi connectivity index (χ0) is 26.4. The van der Waals surface area contributed by atoms with Gasteiger partial charge in [0.1, 0.15) is 40.6 Å². The highest BCUT2D eigenvalue weighted by Gasteiger charge is 2.45. The minimum atomic E-state index is -1.55. The van der Waals surface area contributed by atoms with Gasteiger partial charge in [-0.2, -0.15) is 0 Å². The van der Waals surface area contributed by atoms with E-state index < -0.39 is 22.7 Å². The summed E-state index contributed by atoms with van der Waals surface area (Å²) in [6, 6.07) is 14.5. The van der Waals surface area contributed by atoms with Crippen LogP contribution in [0.3, 0.4) is 0 Å². The van der Waals surface area contributed by atoms with Crippen molar-refractivity contribution in [2.24, 2.45) is 5.73 Å². The number of aliphatic hydroxyl groups is 1. The number of Topliss-reactive ketones (excluding diaryl/α,β-unsaturated/α-hetero) is 1. The van der Waals surface area contributed by atoms with Crippen LogP contribution in [0.1, 0.15) is 48.4 Å². The second-order valence-electron chi connectivity index (χ2n) is 9.67. The first-order chi connectivity index (χ1) is 17.6. The van der Waals surface area contributed by atoms with E-state index in [-0.39, 0.29) is 36.6 Å². The number of primary amides is 1. The monoisotopic (exact) mass is 500 g/mol. The molecule has 2 atom stereocenters. The third kappa shape index (κ3) is 4.42. The molecule has 188 valence electrons. The molecule has 5 rings (SSSR count). The minimum Gasteiger partial charge on any atom is -0.489 e. The molecule has 0 unspecified atom stereocenters. The summed E-state index contributed by atoms with van der Waals surface area (Å²) in [4.78, 5) is 38.6. The van der Waals surface area contributed by atoms with E-state index >= 15 is 0 Å². The molecule has 0 aliphatic carbocycles. The summed E-state index contributed by atoms with van der Waals surface area (Å²) < 4.78 is 19.4. The number of ketones is 1. The Morgan fingerprint density at radius 3 is 2.54 bits per heavy atom. The third-order valence-electron chi connectivity index (χ3n) is 6.86. The summed E-state index contributed by atoms with van der Waals surface area (Å²) in [5.41, 5.74) is 6.13. The lowest BCUT2D eigenvalue weighted by Gasteiger charge is -2.26. The number of rotatable bonds is 7. The van der Waals surface area contributed by atoms with Crippen LogP contribution in [0.15, 0.2) is 60.8 Å². The average molecular weight is 501 g/mol. The lowest BCUT2D eigenvalue weighted by molar-refractivity contribution is -0.123. The number of carbonyl (C=O) groups is 2. The van der Waals surface area contributed by atoms with Crippen LogP contribution in [0, 0.1) is 5.82 Å². The molecule has 0 spiro atoms. The van der Waals surface area contributed by atoms with Crippen LogP contribution in [0.4, 0.5) is 4.39 Å². The number of hydrogen-bond acceptors (Lipinski definition) is 7. The van der Waals surface area contributed by atoms with E-state index in [0.717, 1.165) is 0 Å². The SMILES string of the molecule is C[C@](O)(CCC(=O)c1cnc2ccccc2n1)c1cc2c(c(-c3ccc(F)cc3)n1)OC[C@]2(C)C(N)=O. The Balaban J connectivity index is 1.49. The number of nitrogens with two attached hydrogens (primary N) is 1. The number of fused-ring (bicyclic) bond motifs is 2. The van der Waals surface area contributed by atoms with Crippen LogP contribution in [-0.2, 0) is 15.8 Å². The van der Waals surface area contributed by atoms with Crippen molar-refractivity contribution in [1.82, 2.24) is 15.0 Å². The Bertz CT molecular complexity index is 1540. The van der Waals surface area contributed by atoms with E-state index in [0.29, 0.717) is 33.6 Å². The molecular formula is C28H25FN4O4. The summed E-state index contributed by atoms with van der Waals surface area (Å²) in [6.45, 7) is 3.22. The van der Waals surface area contributed by atoms with Crippen molar-refractivity contribution in [3.63, 3.8) is 0 Å². The largest absolute Gasteiger partial charge is 0.489 e. The highest BCUT2D eigenvalue weighted by Crippen LogP contribution is 2.45. The quantitative estimate of drug-likeness (QED) is 0.369. The van der Waals surface area contributed by atoms with Gasteiger partial charge < -0.3 is 15.6 Å². The predicted octanol–water partition coefficient (Wildman–Crippen LogP) is 3.84. The molecule has 4 aromatic rings. The van der Waals surface area contributed by atoms with Crippen LogP contribution < -0.4 is 10.5 Å². The molecule has 3 N–H and O–H groups in total. The van der Waals surface area contributed by atoms with Crippen LogP contribution in [-0.4, -0.2) is 38.4 Å². The summed E-state index contributed by atoms with van der Waals surface area (Å²) in [7, 11) is 0. The Morgan fingerprint density at radius 2 is 1.84 bits per heavy atom. The minimum absolute atomic E-state index is 0.0122. The topological polar surface area (TPSA) is 128 Å². The van der Waals surface area contributed by atoms with Crippen LogP contribution in [0.25, 0.3) is 22.3 Å². The molecule has 1 aliphatic heterocycles. The van der Waals surface area contributed by atoms with Crippen LogP contribution in [0.5, 0.6) is 5.75 Å². The first-order valence-corrected chi connectivity index (χ1v) is 11.8. The van der Waals surface area contributed by atoms with Crippen molar-refractivity contribution in [2.75, 3.05) is 6.61 Å². The first-order valence-electron chi connectivity index (χ1n) is 11.8. The van der Waals surface area contributed by atoms with E-state index in [1.54, 1.807) is 38.1 Å². The molecule has 0 bridgehead atoms. The first kappa shape index (κ1) is 24.5. The van der Waals surface area contributed by atoms with Crippen LogP contribution in [0.2, 0.25) is 0 Å². The standard InChI is InChI=1S/C28H25FN4O4/c1-27(26(30)35)15-37-25-18(27)13-23(33-24(25)16-7-9-17(29)10-8-16)28(2,36)12-11-22(34)21-14-31-19-5-3-4-6-20(19)32-21/h3-10,13-14,36H,11-12,15H2,1-2H3,(H2,30,35)/t27-,28-/m0/s1. The molecule has 1 aliphatic rings. The molecule has 37 heavy (non-hydrogen) atoms. The molecule has 8 nitrogen and oxygen atoms in total. The number of pyridine rings is 1. The maximum atomic E-state index is 13.6. The number of benzene rings is 2. The zero-order valence-electron chi connectivity index (χ0n) is 20.4. The van der Waals surface area contributed by atoms with Crippen molar-refractivity contribution in [2.45, 2.75) is 37.7 Å². The maximum Gasteiger partial charge on any atom is 0.231 e. The number of carbonyl (C=O) groups excluding carboxylic acids is 2. The van der Waals surface area contributed by atoms with E-state index in [4.69, 9.17) is 10.5 Å². The van der Waals surface area contributed by atoms with Crippen molar-refractivity contribution >= 4 is 22.7 Å². The highest BCUT2D eigenvalue weighted by molar-refractivity contribution is 5.95. The molecule has 2 aromatic heterocycles. The molecule has 9 heteroatoms. The van der Waals surface area contributed by atoms with E-state index in [1.807, 2.05) is 18.2 Å². The number of para-hydroxylation sites is 2. The van der Waals surface area contributed by atoms with Gasteiger partial charge in [-0.05, 0) is 62.7 Å². The molecule has 0 saturated heterocycles. The fraction of sp³-hybridized carbons (Fsp3) is 0.250. The Hall–Kier alpha value is -4.24. The zero-order valence-corrected chi connectivity index (χ0v) is 20.4. The Labute approximate surface area is 212 Å². The fourth-order valence-corrected chi connectivity index (χ4v) is 4.37. The van der Waals surface area contributed by atoms with Gasteiger partial charge in [-0.3, -0.25) is 14.6 Å². The summed E-state index contributed by atoms with van der Waals surface area (Å²) >= 11 is 0. The normalized spacial score (nSPS) is 18.2. The molecule has 0 fully saturated rings. The van der Waals surface area contributed by atoms with Crippen molar-refractivity contribution in [1.29, 1.82) is 0 Å². The van der Waals surface area contributed by atoms with E-state index in [1.165, 1.54) is 18.3 Å². The van der Waals surface area contributed by atoms with E-state index in [2.05, 4.69) is 15.0 Å². The van der Waals surface area contributed by atoms with Crippen molar-refractivity contribution < 1.29 is 23.8 Å². The molecule has 3 heterocycles. The lowest BCUT2D eigenvalue weighted by Crippen LogP contribution is -2.40. The average Bonchev–Trinajstić information content (AvgIpc) is 3.25. The number of amides is 1. The molecule has 0 radical (unpaired) electrons. The summed E-state index contributed by atoms with van der Waals surface area (Å²) in [5, 5.41) is 11.4. The number of hydrogen-bond donors (Lipinski definition) is 2. The van der Waals surface area contributed by atoms with Gasteiger partial charge in [0.2, 0.25) is 5.91 Å². The third-order valence-corrected chi connectivity index (χ3v) is 6.86. The molecule has 1 amide bonds.